The van der Waals surface area contributed by atoms with E-state index in [0.29, 0.717) is 12.5 Å². The van der Waals surface area contributed by atoms with Crippen LogP contribution >= 0.6 is 0 Å². The Kier molecular flexibility index (Phi) is 3.66. The van der Waals surface area contributed by atoms with Crippen molar-refractivity contribution in [3.05, 3.63) is 24.9 Å². The van der Waals surface area contributed by atoms with Gasteiger partial charge in [0.15, 0.2) is 0 Å². The number of aromatic nitrogens is 2. The van der Waals surface area contributed by atoms with E-state index in [1.165, 1.54) is 0 Å². The number of hydrogen-bond donors (Lipinski definition) is 2. The molecule has 1 aromatic heterocycles. The van der Waals surface area contributed by atoms with Gasteiger partial charge in [-0.25, -0.2) is 4.98 Å². The smallest absolute Gasteiger partial charge is 0.224 e. The molecule has 0 aromatic carbocycles. The van der Waals surface area contributed by atoms with Crippen LogP contribution in [0.15, 0.2) is 24.9 Å². The summed E-state index contributed by atoms with van der Waals surface area (Å²) in [5, 5.41) is 6.32. The average molecular weight is 206 g/mol. The van der Waals surface area contributed by atoms with Crippen LogP contribution in [-0.2, 0) is 0 Å². The molecule has 1 rings (SSSR count). The van der Waals surface area contributed by atoms with Crippen LogP contribution in [0.5, 0.6) is 0 Å². The predicted molar refractivity (Wildman–Crippen MR) is 64.1 cm³/mol. The molecule has 0 aliphatic carbocycles. The zero-order valence-electron chi connectivity index (χ0n) is 9.54. The van der Waals surface area contributed by atoms with Crippen molar-refractivity contribution in [2.75, 3.05) is 17.2 Å². The van der Waals surface area contributed by atoms with Crippen molar-refractivity contribution in [2.45, 2.75) is 26.3 Å². The van der Waals surface area contributed by atoms with Crippen LogP contribution in [0, 0.1) is 0 Å². The van der Waals surface area contributed by atoms with Gasteiger partial charge in [-0.1, -0.05) is 6.08 Å². The Balaban J connectivity index is 2.69. The SMILES string of the molecule is C=CCNc1nccc(NC(C)(C)C)n1. The molecular formula is C11H18N4. The standard InChI is InChI=1S/C11H18N4/c1-5-7-12-10-13-8-6-9(14-10)15-11(2,3)4/h5-6,8H,1,7H2,2-4H3,(H2,12,13,14,15). The van der Waals surface area contributed by atoms with Crippen molar-refractivity contribution in [3.8, 4) is 0 Å². The molecule has 0 saturated heterocycles. The number of nitrogens with one attached hydrogen (secondary N) is 2. The summed E-state index contributed by atoms with van der Waals surface area (Å²) < 4.78 is 0. The van der Waals surface area contributed by atoms with E-state index < -0.39 is 0 Å². The van der Waals surface area contributed by atoms with E-state index in [2.05, 4.69) is 48.0 Å². The summed E-state index contributed by atoms with van der Waals surface area (Å²) in [6, 6.07) is 1.85. The lowest BCUT2D eigenvalue weighted by atomic mass is 10.1. The molecule has 4 nitrogen and oxygen atoms in total. The largest absolute Gasteiger partial charge is 0.365 e. The van der Waals surface area contributed by atoms with Crippen LogP contribution in [-0.4, -0.2) is 22.1 Å². The van der Waals surface area contributed by atoms with Crippen molar-refractivity contribution < 1.29 is 0 Å². The first-order chi connectivity index (χ1) is 7.01. The monoisotopic (exact) mass is 206 g/mol. The van der Waals surface area contributed by atoms with Gasteiger partial charge in [0.25, 0.3) is 0 Å². The number of rotatable bonds is 4. The van der Waals surface area contributed by atoms with Crippen molar-refractivity contribution in [1.82, 2.24) is 9.97 Å². The normalized spacial score (nSPS) is 10.9. The van der Waals surface area contributed by atoms with E-state index in [1.54, 1.807) is 12.3 Å². The second kappa shape index (κ2) is 4.77. The summed E-state index contributed by atoms with van der Waals surface area (Å²) in [7, 11) is 0. The molecule has 0 spiro atoms. The molecule has 0 aliphatic heterocycles. The fraction of sp³-hybridized carbons (Fsp3) is 0.455. The molecule has 0 bridgehead atoms. The van der Waals surface area contributed by atoms with Crippen molar-refractivity contribution in [2.24, 2.45) is 0 Å². The highest BCUT2D eigenvalue weighted by Crippen LogP contribution is 2.12. The summed E-state index contributed by atoms with van der Waals surface area (Å²) in [6.07, 6.45) is 3.50. The fourth-order valence-corrected chi connectivity index (χ4v) is 1.06. The van der Waals surface area contributed by atoms with Crippen LogP contribution in [0.4, 0.5) is 11.8 Å². The highest BCUT2D eigenvalue weighted by atomic mass is 15.1. The van der Waals surface area contributed by atoms with E-state index in [1.807, 2.05) is 6.07 Å². The van der Waals surface area contributed by atoms with Crippen molar-refractivity contribution in [1.29, 1.82) is 0 Å². The number of hydrogen-bond acceptors (Lipinski definition) is 4. The van der Waals surface area contributed by atoms with Gasteiger partial charge in [-0.2, -0.15) is 4.98 Å². The third kappa shape index (κ3) is 4.44. The molecule has 0 fully saturated rings. The third-order valence-corrected chi connectivity index (χ3v) is 1.56. The Labute approximate surface area is 90.8 Å². The summed E-state index contributed by atoms with van der Waals surface area (Å²) >= 11 is 0. The van der Waals surface area contributed by atoms with Gasteiger partial charge in [-0.15, -0.1) is 6.58 Å². The van der Waals surface area contributed by atoms with Gasteiger partial charge < -0.3 is 10.6 Å². The van der Waals surface area contributed by atoms with Crippen LogP contribution in [0.25, 0.3) is 0 Å². The highest BCUT2D eigenvalue weighted by Gasteiger charge is 2.10. The van der Waals surface area contributed by atoms with Crippen LogP contribution in [0.1, 0.15) is 20.8 Å². The van der Waals surface area contributed by atoms with E-state index >= 15 is 0 Å². The van der Waals surface area contributed by atoms with Crippen LogP contribution < -0.4 is 10.6 Å². The topological polar surface area (TPSA) is 49.8 Å². The molecule has 0 saturated carbocycles. The minimum Gasteiger partial charge on any atom is -0.365 e. The molecular weight excluding hydrogens is 188 g/mol. The Hall–Kier alpha value is -1.58. The highest BCUT2D eigenvalue weighted by molar-refractivity contribution is 5.41. The van der Waals surface area contributed by atoms with Gasteiger partial charge in [0.1, 0.15) is 5.82 Å². The van der Waals surface area contributed by atoms with Crippen molar-refractivity contribution >= 4 is 11.8 Å². The molecule has 4 heteroatoms. The third-order valence-electron chi connectivity index (χ3n) is 1.56. The molecule has 15 heavy (non-hydrogen) atoms. The molecule has 0 radical (unpaired) electrons. The van der Waals surface area contributed by atoms with Gasteiger partial charge in [0, 0.05) is 18.3 Å². The summed E-state index contributed by atoms with van der Waals surface area (Å²) in [5.74, 6) is 1.44. The molecule has 1 aromatic rings. The summed E-state index contributed by atoms with van der Waals surface area (Å²) in [6.45, 7) is 10.6. The lowest BCUT2D eigenvalue weighted by molar-refractivity contribution is 0.630. The minimum absolute atomic E-state index is 0.00403. The summed E-state index contributed by atoms with van der Waals surface area (Å²) in [5.41, 5.74) is 0.00403. The van der Waals surface area contributed by atoms with Crippen LogP contribution in [0.2, 0.25) is 0 Å². The molecule has 0 unspecified atom stereocenters. The lowest BCUT2D eigenvalue weighted by Crippen LogP contribution is -2.26. The zero-order chi connectivity index (χ0) is 11.3. The van der Waals surface area contributed by atoms with Gasteiger partial charge in [-0.05, 0) is 26.8 Å². The Morgan fingerprint density at radius 1 is 1.47 bits per heavy atom. The van der Waals surface area contributed by atoms with Gasteiger partial charge in [0.05, 0.1) is 0 Å². The van der Waals surface area contributed by atoms with Gasteiger partial charge in [0.2, 0.25) is 5.95 Å². The van der Waals surface area contributed by atoms with E-state index in [-0.39, 0.29) is 5.54 Å². The Morgan fingerprint density at radius 2 is 2.20 bits per heavy atom. The summed E-state index contributed by atoms with van der Waals surface area (Å²) in [4.78, 5) is 8.41. The molecule has 0 amide bonds. The first kappa shape index (κ1) is 11.5. The quantitative estimate of drug-likeness (QED) is 0.742. The second-order valence-electron chi connectivity index (χ2n) is 4.31. The van der Waals surface area contributed by atoms with E-state index in [9.17, 15) is 0 Å². The maximum absolute atomic E-state index is 4.31. The zero-order valence-corrected chi connectivity index (χ0v) is 9.54. The number of anilines is 2. The lowest BCUT2D eigenvalue weighted by Gasteiger charge is -2.21. The van der Waals surface area contributed by atoms with Gasteiger partial charge in [-0.3, -0.25) is 0 Å². The first-order valence-electron chi connectivity index (χ1n) is 4.97. The maximum Gasteiger partial charge on any atom is 0.224 e. The second-order valence-corrected chi connectivity index (χ2v) is 4.31. The molecule has 0 aliphatic rings. The van der Waals surface area contributed by atoms with Crippen molar-refractivity contribution in [3.63, 3.8) is 0 Å². The predicted octanol–water partition coefficient (Wildman–Crippen LogP) is 2.28. The maximum atomic E-state index is 4.31. The first-order valence-corrected chi connectivity index (χ1v) is 4.97. The average Bonchev–Trinajstić information content (AvgIpc) is 2.12. The fourth-order valence-electron chi connectivity index (χ4n) is 1.06. The molecule has 0 atom stereocenters. The van der Waals surface area contributed by atoms with Crippen LogP contribution in [0.3, 0.4) is 0 Å². The number of nitrogens with zero attached hydrogens (tertiary/aromatic N) is 2. The molecule has 1 heterocycles. The van der Waals surface area contributed by atoms with Gasteiger partial charge >= 0.3 is 0 Å². The Bertz CT molecular complexity index is 328. The Morgan fingerprint density at radius 3 is 2.80 bits per heavy atom. The van der Waals surface area contributed by atoms with E-state index in [0.717, 1.165) is 5.82 Å². The molecule has 82 valence electrons. The minimum atomic E-state index is 0.00403. The molecule has 2 N–H and O–H groups in total. The van der Waals surface area contributed by atoms with E-state index in [4.69, 9.17) is 0 Å².